The molecule has 1 aromatic carbocycles. The minimum atomic E-state index is -3.20. The van der Waals surface area contributed by atoms with Crippen LogP contribution in [0, 0.1) is 5.92 Å². The maximum Gasteiger partial charge on any atom is 0.235 e. The van der Waals surface area contributed by atoms with Crippen molar-refractivity contribution in [3.8, 4) is 0 Å². The number of sulfonamides is 1. The Balaban J connectivity index is 1.57. The number of benzene rings is 1. The number of carbonyl (C=O) groups excluding carboxylic acids is 1. The minimum Gasteiger partial charge on any atom is -0.326 e. The second kappa shape index (κ2) is 7.53. The van der Waals surface area contributed by atoms with Crippen LogP contribution in [0.1, 0.15) is 32.1 Å². The third kappa shape index (κ3) is 4.27. The zero-order valence-electron chi connectivity index (χ0n) is 13.8. The zero-order chi connectivity index (χ0) is 17.0. The molecule has 2 heterocycles. The van der Waals surface area contributed by atoms with E-state index in [1.807, 2.05) is 0 Å². The van der Waals surface area contributed by atoms with E-state index in [-0.39, 0.29) is 11.7 Å². The highest BCUT2D eigenvalue weighted by atomic mass is 32.2. The molecule has 0 atom stereocenters. The maximum absolute atomic E-state index is 12.2. The summed E-state index contributed by atoms with van der Waals surface area (Å²) < 4.78 is 25.4. The third-order valence-electron chi connectivity index (χ3n) is 4.76. The summed E-state index contributed by atoms with van der Waals surface area (Å²) in [4.78, 5) is 12.2. The van der Waals surface area contributed by atoms with E-state index in [1.165, 1.54) is 4.31 Å². The molecule has 2 saturated heterocycles. The van der Waals surface area contributed by atoms with Gasteiger partial charge in [-0.25, -0.2) is 8.42 Å². The van der Waals surface area contributed by atoms with Crippen molar-refractivity contribution < 1.29 is 13.2 Å². The lowest BCUT2D eigenvalue weighted by atomic mass is 9.93. The average Bonchev–Trinajstić information content (AvgIpc) is 2.93. The molecule has 1 aromatic rings. The summed E-state index contributed by atoms with van der Waals surface area (Å²) in [6.45, 7) is 2.59. The summed E-state index contributed by atoms with van der Waals surface area (Å²) in [5, 5.41) is 6.22. The van der Waals surface area contributed by atoms with Gasteiger partial charge in [0.2, 0.25) is 15.9 Å². The van der Waals surface area contributed by atoms with Gasteiger partial charge in [-0.3, -0.25) is 9.10 Å². The largest absolute Gasteiger partial charge is 0.326 e. The fourth-order valence-corrected chi connectivity index (χ4v) is 4.95. The molecule has 2 fully saturated rings. The van der Waals surface area contributed by atoms with Gasteiger partial charge >= 0.3 is 0 Å². The number of carbonyl (C=O) groups is 1. The van der Waals surface area contributed by atoms with Crippen LogP contribution in [-0.4, -0.2) is 39.7 Å². The van der Waals surface area contributed by atoms with Crippen molar-refractivity contribution in [2.75, 3.05) is 35.0 Å². The molecule has 0 bridgehead atoms. The van der Waals surface area contributed by atoms with E-state index >= 15 is 0 Å². The lowest BCUT2D eigenvalue weighted by molar-refractivity contribution is -0.116. The molecule has 6 nitrogen and oxygen atoms in total. The lowest BCUT2D eigenvalue weighted by Crippen LogP contribution is -2.28. The van der Waals surface area contributed by atoms with Crippen molar-refractivity contribution >= 4 is 27.3 Å². The van der Waals surface area contributed by atoms with Crippen LogP contribution in [0.5, 0.6) is 0 Å². The van der Waals surface area contributed by atoms with Gasteiger partial charge in [0.25, 0.3) is 0 Å². The molecular formula is C17H25N3O3S. The van der Waals surface area contributed by atoms with E-state index in [9.17, 15) is 13.2 Å². The highest BCUT2D eigenvalue weighted by Gasteiger charge is 2.28. The predicted molar refractivity (Wildman–Crippen MR) is 95.6 cm³/mol. The molecule has 0 aliphatic carbocycles. The van der Waals surface area contributed by atoms with Gasteiger partial charge in [-0.1, -0.05) is 6.07 Å². The summed E-state index contributed by atoms with van der Waals surface area (Å²) in [5.74, 6) is 0.813. The quantitative estimate of drug-likeness (QED) is 0.850. The van der Waals surface area contributed by atoms with Crippen LogP contribution in [-0.2, 0) is 14.8 Å². The van der Waals surface area contributed by atoms with Crippen molar-refractivity contribution in [1.82, 2.24) is 5.32 Å². The summed E-state index contributed by atoms with van der Waals surface area (Å²) in [7, 11) is -3.20. The van der Waals surface area contributed by atoms with Crippen LogP contribution in [0.2, 0.25) is 0 Å². The monoisotopic (exact) mass is 351 g/mol. The van der Waals surface area contributed by atoms with Gasteiger partial charge in [-0.2, -0.15) is 0 Å². The van der Waals surface area contributed by atoms with Gasteiger partial charge in [-0.05, 0) is 62.9 Å². The number of amides is 1. The molecule has 1 amide bonds. The van der Waals surface area contributed by atoms with Crippen LogP contribution in [0.3, 0.4) is 0 Å². The van der Waals surface area contributed by atoms with Crippen molar-refractivity contribution in [2.24, 2.45) is 5.92 Å². The predicted octanol–water partition coefficient (Wildman–Crippen LogP) is 1.94. The number of nitrogens with zero attached hydrogens (tertiary/aromatic N) is 1. The molecular weight excluding hydrogens is 326 g/mol. The standard InChI is InChI=1S/C17H25N3O3S/c21-17(6-5-14-7-9-18-10-8-14)19-15-3-1-4-16(13-15)20-11-2-12-24(20,22)23/h1,3-4,13-14,18H,2,5-12H2,(H,19,21). The minimum absolute atomic E-state index is 0.00467. The highest BCUT2D eigenvalue weighted by Crippen LogP contribution is 2.26. The Morgan fingerprint density at radius 2 is 2.08 bits per heavy atom. The second-order valence-electron chi connectivity index (χ2n) is 6.57. The van der Waals surface area contributed by atoms with E-state index in [4.69, 9.17) is 0 Å². The van der Waals surface area contributed by atoms with Crippen LogP contribution in [0.15, 0.2) is 24.3 Å². The molecule has 0 unspecified atom stereocenters. The number of piperidine rings is 1. The normalized spacial score (nSPS) is 20.9. The number of hydrogen-bond donors (Lipinski definition) is 2. The number of anilines is 2. The SMILES string of the molecule is O=C(CCC1CCNCC1)Nc1cccc(N2CCCS2(=O)=O)c1. The summed E-state index contributed by atoms with van der Waals surface area (Å²) in [6.07, 6.45) is 4.34. The van der Waals surface area contributed by atoms with E-state index in [1.54, 1.807) is 24.3 Å². The van der Waals surface area contributed by atoms with Gasteiger partial charge in [0.1, 0.15) is 0 Å². The Hall–Kier alpha value is -1.60. The molecule has 2 aliphatic rings. The molecule has 0 radical (unpaired) electrons. The Morgan fingerprint density at radius 1 is 1.29 bits per heavy atom. The van der Waals surface area contributed by atoms with E-state index in [2.05, 4.69) is 10.6 Å². The van der Waals surface area contributed by atoms with Gasteiger partial charge < -0.3 is 10.6 Å². The molecule has 7 heteroatoms. The highest BCUT2D eigenvalue weighted by molar-refractivity contribution is 7.93. The van der Waals surface area contributed by atoms with E-state index < -0.39 is 10.0 Å². The first-order valence-corrected chi connectivity index (χ1v) is 10.3. The van der Waals surface area contributed by atoms with Gasteiger partial charge in [-0.15, -0.1) is 0 Å². The molecule has 2 N–H and O–H groups in total. The molecule has 0 aromatic heterocycles. The van der Waals surface area contributed by atoms with E-state index in [0.717, 1.165) is 32.4 Å². The van der Waals surface area contributed by atoms with Crippen LogP contribution in [0.4, 0.5) is 11.4 Å². The molecule has 0 saturated carbocycles. The molecule has 0 spiro atoms. The fourth-order valence-electron chi connectivity index (χ4n) is 3.40. The summed E-state index contributed by atoms with van der Waals surface area (Å²) >= 11 is 0. The van der Waals surface area contributed by atoms with Gasteiger partial charge in [0.05, 0.1) is 11.4 Å². The first-order valence-electron chi connectivity index (χ1n) is 8.66. The lowest BCUT2D eigenvalue weighted by Gasteiger charge is -2.22. The van der Waals surface area contributed by atoms with Crippen molar-refractivity contribution in [2.45, 2.75) is 32.1 Å². The van der Waals surface area contributed by atoms with Gasteiger partial charge in [0, 0.05) is 18.7 Å². The number of rotatable bonds is 5. The van der Waals surface area contributed by atoms with Crippen LogP contribution < -0.4 is 14.9 Å². The van der Waals surface area contributed by atoms with E-state index in [0.29, 0.717) is 36.7 Å². The smallest absolute Gasteiger partial charge is 0.235 e. The van der Waals surface area contributed by atoms with Crippen LogP contribution >= 0.6 is 0 Å². The summed E-state index contributed by atoms with van der Waals surface area (Å²) in [5.41, 5.74) is 1.29. The molecule has 132 valence electrons. The molecule has 24 heavy (non-hydrogen) atoms. The van der Waals surface area contributed by atoms with Crippen molar-refractivity contribution in [1.29, 1.82) is 0 Å². The third-order valence-corrected chi connectivity index (χ3v) is 6.63. The zero-order valence-corrected chi connectivity index (χ0v) is 14.6. The fraction of sp³-hybridized carbons (Fsp3) is 0.588. The first kappa shape index (κ1) is 17.2. The Bertz CT molecular complexity index is 684. The van der Waals surface area contributed by atoms with Crippen molar-refractivity contribution in [3.63, 3.8) is 0 Å². The Labute approximate surface area is 143 Å². The number of nitrogens with one attached hydrogen (secondary N) is 2. The Kier molecular flexibility index (Phi) is 5.40. The first-order chi connectivity index (χ1) is 11.5. The van der Waals surface area contributed by atoms with Gasteiger partial charge in [0.15, 0.2) is 0 Å². The second-order valence-corrected chi connectivity index (χ2v) is 8.59. The molecule has 3 rings (SSSR count). The maximum atomic E-state index is 12.2. The average molecular weight is 351 g/mol. The Morgan fingerprint density at radius 3 is 2.79 bits per heavy atom. The number of hydrogen-bond acceptors (Lipinski definition) is 4. The van der Waals surface area contributed by atoms with Crippen LogP contribution in [0.25, 0.3) is 0 Å². The molecule has 2 aliphatic heterocycles. The van der Waals surface area contributed by atoms with Crippen molar-refractivity contribution in [3.05, 3.63) is 24.3 Å². The summed E-state index contributed by atoms with van der Waals surface area (Å²) in [6, 6.07) is 7.10. The topological polar surface area (TPSA) is 78.5 Å².